The molecule has 0 aliphatic heterocycles. The van der Waals surface area contributed by atoms with Crippen LogP contribution in [0.5, 0.6) is 0 Å². The van der Waals surface area contributed by atoms with Gasteiger partial charge in [-0.3, -0.25) is 9.48 Å². The van der Waals surface area contributed by atoms with Crippen molar-refractivity contribution < 1.29 is 42.8 Å². The van der Waals surface area contributed by atoms with E-state index in [2.05, 4.69) is 21.2 Å². The monoisotopic (exact) mass is 465 g/mol. The predicted molar refractivity (Wildman–Crippen MR) is 118 cm³/mol. The third-order valence-corrected chi connectivity index (χ3v) is 7.47. The first-order chi connectivity index (χ1) is 14.8. The van der Waals surface area contributed by atoms with Crippen LogP contribution in [0.25, 0.3) is 4.72 Å². The Morgan fingerprint density at radius 3 is 2.31 bits per heavy atom. The molecule has 0 saturated heterocycles. The number of sulfonamides is 1. The van der Waals surface area contributed by atoms with Crippen molar-refractivity contribution in [3.8, 4) is 0 Å². The van der Waals surface area contributed by atoms with Gasteiger partial charge in [0.1, 0.15) is 0 Å². The Kier molecular flexibility index (Phi) is 6.76. The molecule has 32 heavy (non-hydrogen) atoms. The summed E-state index contributed by atoms with van der Waals surface area (Å²) in [6.45, 7) is 0.577. The number of benzene rings is 1. The Bertz CT molecular complexity index is 1120. The number of rotatable bonds is 6. The van der Waals surface area contributed by atoms with Crippen LogP contribution in [0.4, 0.5) is 10.5 Å². The van der Waals surface area contributed by atoms with Gasteiger partial charge < -0.3 is 14.9 Å². The van der Waals surface area contributed by atoms with Crippen LogP contribution in [0.15, 0.2) is 17.2 Å². The number of anilines is 1. The van der Waals surface area contributed by atoms with Crippen molar-refractivity contribution in [3.63, 3.8) is 0 Å². The van der Waals surface area contributed by atoms with E-state index in [0.717, 1.165) is 73.9 Å². The Balaban J connectivity index is 0.00000245. The third-order valence-electron chi connectivity index (χ3n) is 6.33. The fourth-order valence-electron chi connectivity index (χ4n) is 4.86. The summed E-state index contributed by atoms with van der Waals surface area (Å²) in [5, 5.41) is 6.97. The van der Waals surface area contributed by atoms with Crippen LogP contribution < -0.4 is 34.9 Å². The van der Waals surface area contributed by atoms with Crippen molar-refractivity contribution in [1.29, 1.82) is 0 Å². The molecule has 0 radical (unpaired) electrons. The molecule has 2 aromatic rings. The summed E-state index contributed by atoms with van der Waals surface area (Å²) in [5.74, 6) is 0. The molecule has 3 aliphatic rings. The molecule has 2 amide bonds. The SMILES string of the molecule is CN(C)Cc1cc(S(=O)(=O)[N-]C(=O)Nc2c3c(cc4c2CCC4)CCC3)nn1C1CC1.[Na+]. The minimum Gasteiger partial charge on any atom is -0.423 e. The van der Waals surface area contributed by atoms with E-state index in [1.165, 1.54) is 11.1 Å². The minimum absolute atomic E-state index is 0. The van der Waals surface area contributed by atoms with Gasteiger partial charge >= 0.3 is 29.6 Å². The van der Waals surface area contributed by atoms with E-state index in [0.29, 0.717) is 6.54 Å². The smallest absolute Gasteiger partial charge is 0.423 e. The van der Waals surface area contributed by atoms with E-state index in [1.54, 1.807) is 10.7 Å². The van der Waals surface area contributed by atoms with Gasteiger partial charge in [0.15, 0.2) is 11.1 Å². The number of aryl methyl sites for hydroxylation is 2. The number of carbonyl (C=O) groups excluding carboxylic acids is 1. The predicted octanol–water partition coefficient (Wildman–Crippen LogP) is 0.556. The summed E-state index contributed by atoms with van der Waals surface area (Å²) in [5.41, 5.74) is 6.45. The van der Waals surface area contributed by atoms with Gasteiger partial charge in [-0.2, -0.15) is 5.10 Å². The van der Waals surface area contributed by atoms with Crippen LogP contribution in [-0.4, -0.2) is 43.2 Å². The largest absolute Gasteiger partial charge is 1.00 e. The normalized spacial score (nSPS) is 17.1. The van der Waals surface area contributed by atoms with Crippen LogP contribution >= 0.6 is 0 Å². The zero-order valence-electron chi connectivity index (χ0n) is 19.0. The Morgan fingerprint density at radius 1 is 1.12 bits per heavy atom. The van der Waals surface area contributed by atoms with Crippen LogP contribution in [-0.2, 0) is 42.3 Å². The molecule has 1 aromatic carbocycles. The molecule has 0 unspecified atom stereocenters. The maximum atomic E-state index is 12.9. The zero-order valence-corrected chi connectivity index (χ0v) is 21.8. The molecule has 8 nitrogen and oxygen atoms in total. The van der Waals surface area contributed by atoms with Gasteiger partial charge in [0.25, 0.3) is 0 Å². The second kappa shape index (κ2) is 9.10. The summed E-state index contributed by atoms with van der Waals surface area (Å²) < 4.78 is 31.1. The molecule has 1 heterocycles. The van der Waals surface area contributed by atoms with Crippen LogP contribution in [0.2, 0.25) is 0 Å². The van der Waals surface area contributed by atoms with Crippen molar-refractivity contribution in [2.75, 3.05) is 19.4 Å². The van der Waals surface area contributed by atoms with E-state index in [1.807, 2.05) is 19.0 Å². The van der Waals surface area contributed by atoms with Crippen molar-refractivity contribution >= 4 is 21.7 Å². The third kappa shape index (κ3) is 4.63. The Labute approximate surface area is 211 Å². The van der Waals surface area contributed by atoms with E-state index in [-0.39, 0.29) is 40.6 Å². The second-order valence-electron chi connectivity index (χ2n) is 9.12. The van der Waals surface area contributed by atoms with Crippen molar-refractivity contribution in [3.05, 3.63) is 44.8 Å². The first kappa shape index (κ1) is 23.8. The number of urea groups is 1. The Hall–Kier alpha value is -1.39. The number of hydrogen-bond donors (Lipinski definition) is 1. The van der Waals surface area contributed by atoms with Gasteiger partial charge in [-0.25, -0.2) is 8.42 Å². The topological polar surface area (TPSA) is 98.4 Å². The molecule has 1 fully saturated rings. The van der Waals surface area contributed by atoms with Gasteiger partial charge in [-0.1, -0.05) is 6.07 Å². The van der Waals surface area contributed by atoms with Crippen LogP contribution in [0.1, 0.15) is 59.7 Å². The first-order valence-electron chi connectivity index (χ1n) is 11.0. The van der Waals surface area contributed by atoms with Crippen molar-refractivity contribution in [1.82, 2.24) is 14.7 Å². The van der Waals surface area contributed by atoms with Crippen LogP contribution in [0.3, 0.4) is 0 Å². The molecule has 5 rings (SSSR count). The van der Waals surface area contributed by atoms with Crippen molar-refractivity contribution in [2.45, 2.75) is 69.0 Å². The molecule has 1 aromatic heterocycles. The number of hydrogen-bond acceptors (Lipinski definition) is 5. The summed E-state index contributed by atoms with van der Waals surface area (Å²) in [6.07, 6.45) is 7.93. The number of nitrogens with zero attached hydrogens (tertiary/aromatic N) is 4. The van der Waals surface area contributed by atoms with Gasteiger partial charge in [0.05, 0.1) is 11.7 Å². The zero-order chi connectivity index (χ0) is 21.8. The number of fused-ring (bicyclic) bond motifs is 2. The molecule has 0 atom stereocenters. The molecule has 1 N–H and O–H groups in total. The quantitative estimate of drug-likeness (QED) is 0.629. The standard InChI is InChI=1S/C22H29N5O3S.Na/c1-26(2)13-17-12-20(24-27(17)16-9-10-16)31(29,30)25-22(28)23-21-18-7-3-5-14(18)11-15-6-4-8-19(15)21;/h11-12,16H,3-10,13H2,1-2H3,(H2,23,25,28);/q;+1/p-1. The Morgan fingerprint density at radius 2 is 1.75 bits per heavy atom. The molecule has 1 saturated carbocycles. The van der Waals surface area contributed by atoms with Crippen LogP contribution in [0, 0.1) is 0 Å². The molecule has 10 heteroatoms. The van der Waals surface area contributed by atoms with E-state index >= 15 is 0 Å². The molecule has 3 aliphatic carbocycles. The number of amides is 2. The average molecular weight is 466 g/mol. The fraction of sp³-hybridized carbons (Fsp3) is 0.545. The molecular weight excluding hydrogens is 437 g/mol. The first-order valence-corrected chi connectivity index (χ1v) is 12.4. The fourth-order valence-corrected chi connectivity index (χ4v) is 5.70. The minimum atomic E-state index is -4.19. The second-order valence-corrected chi connectivity index (χ2v) is 10.7. The number of carbonyl (C=O) groups is 1. The van der Waals surface area contributed by atoms with Gasteiger partial charge in [-0.15, -0.1) is 0 Å². The maximum Gasteiger partial charge on any atom is 1.00 e. The van der Waals surface area contributed by atoms with E-state index in [4.69, 9.17) is 0 Å². The van der Waals surface area contributed by atoms with Crippen molar-refractivity contribution in [2.24, 2.45) is 0 Å². The molecular formula is C22H28N5NaO3S. The number of nitrogens with one attached hydrogen (secondary N) is 1. The van der Waals surface area contributed by atoms with E-state index in [9.17, 15) is 13.2 Å². The molecule has 0 spiro atoms. The maximum absolute atomic E-state index is 12.9. The summed E-state index contributed by atoms with van der Waals surface area (Å²) in [7, 11) is -0.341. The summed E-state index contributed by atoms with van der Waals surface area (Å²) in [4.78, 5) is 14.7. The van der Waals surface area contributed by atoms with E-state index < -0.39 is 16.1 Å². The average Bonchev–Trinajstić information content (AvgIpc) is 3.08. The summed E-state index contributed by atoms with van der Waals surface area (Å²) >= 11 is 0. The summed E-state index contributed by atoms with van der Waals surface area (Å²) in [6, 6.07) is 3.21. The van der Waals surface area contributed by atoms with Gasteiger partial charge in [-0.05, 0) is 99.5 Å². The number of aromatic nitrogens is 2. The molecule has 166 valence electrons. The molecule has 0 bridgehead atoms. The van der Waals surface area contributed by atoms with Gasteiger partial charge in [0.2, 0.25) is 10.0 Å². The van der Waals surface area contributed by atoms with Gasteiger partial charge in [0, 0.05) is 6.54 Å².